The molecule has 0 bridgehead atoms. The van der Waals surface area contributed by atoms with Gasteiger partial charge in [-0.25, -0.2) is 0 Å². The molecule has 0 spiro atoms. The van der Waals surface area contributed by atoms with Crippen LogP contribution in [0.1, 0.15) is 5.56 Å². The number of benzene rings is 1. The second kappa shape index (κ2) is 5.47. The number of hydrogen-bond donors (Lipinski definition) is 1. The fourth-order valence-corrected chi connectivity index (χ4v) is 1.17. The molecule has 1 N–H and O–H groups in total. The normalized spacial score (nSPS) is 12.6. The first-order chi connectivity index (χ1) is 8.18. The van der Waals surface area contributed by atoms with E-state index >= 15 is 0 Å². The van der Waals surface area contributed by atoms with Gasteiger partial charge in [-0.1, -0.05) is 6.07 Å². The molecule has 0 amide bonds. The molecule has 102 valence electrons. The van der Waals surface area contributed by atoms with Crippen LogP contribution in [0.25, 0.3) is 0 Å². The largest absolute Gasteiger partial charge is 0.522 e. The highest BCUT2D eigenvalue weighted by molar-refractivity contribution is 5.46. The molecule has 0 unspecified atom stereocenters. The van der Waals surface area contributed by atoms with E-state index in [0.29, 0.717) is 0 Å². The van der Waals surface area contributed by atoms with Crippen LogP contribution in [0.3, 0.4) is 0 Å². The second-order valence-electron chi connectivity index (χ2n) is 3.30. The van der Waals surface area contributed by atoms with Gasteiger partial charge in [-0.2, -0.15) is 13.2 Å². The van der Waals surface area contributed by atoms with Crippen molar-refractivity contribution in [3.8, 4) is 0 Å². The molecule has 0 radical (unpaired) electrons. The van der Waals surface area contributed by atoms with E-state index in [2.05, 4.69) is 10.1 Å². The zero-order valence-corrected chi connectivity index (χ0v) is 8.90. The van der Waals surface area contributed by atoms with E-state index in [1.54, 1.807) is 0 Å². The van der Waals surface area contributed by atoms with Gasteiger partial charge in [0.25, 0.3) is 0 Å². The first-order valence-electron chi connectivity index (χ1n) is 4.80. The molecule has 0 aliphatic rings. The van der Waals surface area contributed by atoms with E-state index in [1.807, 2.05) is 0 Å². The van der Waals surface area contributed by atoms with Crippen LogP contribution in [0, 0.1) is 0 Å². The van der Waals surface area contributed by atoms with Crippen molar-refractivity contribution in [1.82, 2.24) is 0 Å². The quantitative estimate of drug-likeness (QED) is 0.667. The van der Waals surface area contributed by atoms with Crippen LogP contribution in [-0.4, -0.2) is 19.5 Å². The third-order valence-electron chi connectivity index (χ3n) is 1.89. The molecular formula is C10H9F6NO. The van der Waals surface area contributed by atoms with Crippen molar-refractivity contribution < 1.29 is 31.1 Å². The fraction of sp³-hybridized carbons (Fsp3) is 0.400. The molecule has 0 heterocycles. The van der Waals surface area contributed by atoms with Crippen molar-refractivity contribution in [2.24, 2.45) is 0 Å². The molecule has 1 rings (SSSR count). The van der Waals surface area contributed by atoms with Crippen LogP contribution in [0.2, 0.25) is 0 Å². The van der Waals surface area contributed by atoms with Crippen LogP contribution in [0.4, 0.5) is 32.0 Å². The molecule has 0 aliphatic heterocycles. The van der Waals surface area contributed by atoms with E-state index in [4.69, 9.17) is 0 Å². The Morgan fingerprint density at radius 1 is 1.06 bits per heavy atom. The van der Waals surface area contributed by atoms with E-state index < -0.39 is 24.7 Å². The average Bonchev–Trinajstić information content (AvgIpc) is 2.22. The van der Waals surface area contributed by atoms with Gasteiger partial charge in [0, 0.05) is 12.2 Å². The fourth-order valence-electron chi connectivity index (χ4n) is 1.17. The molecule has 0 aliphatic carbocycles. The minimum absolute atomic E-state index is 0.0793. The smallest absolute Gasteiger partial charge is 0.383 e. The monoisotopic (exact) mass is 273 g/mol. The Hall–Kier alpha value is -1.44. The summed E-state index contributed by atoms with van der Waals surface area (Å²) in [5, 5.41) is 2.40. The predicted molar refractivity (Wildman–Crippen MR) is 51.9 cm³/mol. The lowest BCUT2D eigenvalue weighted by Gasteiger charge is -2.11. The lowest BCUT2D eigenvalue weighted by molar-refractivity contribution is -0.322. The Kier molecular flexibility index (Phi) is 4.44. The maximum absolute atomic E-state index is 12.3. The molecule has 0 fully saturated rings. The zero-order valence-electron chi connectivity index (χ0n) is 8.90. The molecule has 0 saturated heterocycles. The van der Waals surface area contributed by atoms with Crippen molar-refractivity contribution in [2.75, 3.05) is 18.5 Å². The topological polar surface area (TPSA) is 21.3 Å². The number of nitrogens with one attached hydrogen (secondary N) is 1. The van der Waals surface area contributed by atoms with Gasteiger partial charge in [0.2, 0.25) is 0 Å². The predicted octanol–water partition coefficient (Wildman–Crippen LogP) is 3.65. The highest BCUT2D eigenvalue weighted by Gasteiger charge is 2.30. The van der Waals surface area contributed by atoms with Gasteiger partial charge in [-0.05, 0) is 18.2 Å². The SMILES string of the molecule is FC(F)(F)OCCNc1cccc(C(F)(F)F)c1. The van der Waals surface area contributed by atoms with Crippen molar-refractivity contribution in [2.45, 2.75) is 12.5 Å². The molecule has 0 saturated carbocycles. The average molecular weight is 273 g/mol. The molecule has 0 atom stereocenters. The Balaban J connectivity index is 2.49. The van der Waals surface area contributed by atoms with Crippen molar-refractivity contribution in [1.29, 1.82) is 0 Å². The molecule has 0 aromatic heterocycles. The van der Waals surface area contributed by atoms with Crippen molar-refractivity contribution in [3.63, 3.8) is 0 Å². The summed E-state index contributed by atoms with van der Waals surface area (Å²) >= 11 is 0. The summed E-state index contributed by atoms with van der Waals surface area (Å²) in [5.41, 5.74) is -0.792. The molecular weight excluding hydrogens is 264 g/mol. The van der Waals surface area contributed by atoms with Gasteiger partial charge in [-0.3, -0.25) is 4.74 Å². The maximum Gasteiger partial charge on any atom is 0.522 e. The summed E-state index contributed by atoms with van der Waals surface area (Å²) in [6.45, 7) is -0.930. The minimum Gasteiger partial charge on any atom is -0.383 e. The number of alkyl halides is 6. The number of hydrogen-bond acceptors (Lipinski definition) is 2. The van der Waals surface area contributed by atoms with Crippen molar-refractivity contribution >= 4 is 5.69 Å². The van der Waals surface area contributed by atoms with Crippen LogP contribution in [-0.2, 0) is 10.9 Å². The first-order valence-corrected chi connectivity index (χ1v) is 4.80. The number of anilines is 1. The zero-order chi connectivity index (χ0) is 13.8. The minimum atomic E-state index is -4.74. The highest BCUT2D eigenvalue weighted by atomic mass is 19.4. The second-order valence-corrected chi connectivity index (χ2v) is 3.30. The summed E-state index contributed by atoms with van der Waals surface area (Å²) in [6, 6.07) is 4.17. The number of ether oxygens (including phenoxy) is 1. The van der Waals surface area contributed by atoms with Crippen LogP contribution in [0.5, 0.6) is 0 Å². The van der Waals surface area contributed by atoms with Crippen LogP contribution in [0.15, 0.2) is 24.3 Å². The van der Waals surface area contributed by atoms with E-state index in [-0.39, 0.29) is 12.2 Å². The summed E-state index contributed by atoms with van der Waals surface area (Å²) in [4.78, 5) is 0. The molecule has 8 heteroatoms. The number of halogens is 6. The lowest BCUT2D eigenvalue weighted by atomic mass is 10.2. The van der Waals surface area contributed by atoms with Gasteiger partial charge in [0.15, 0.2) is 0 Å². The Labute approximate surface area is 98.5 Å². The van der Waals surface area contributed by atoms with E-state index in [9.17, 15) is 26.3 Å². The Bertz CT molecular complexity index is 387. The van der Waals surface area contributed by atoms with Gasteiger partial charge < -0.3 is 5.32 Å². The standard InChI is InChI=1S/C10H9F6NO/c11-9(12,13)7-2-1-3-8(6-7)17-4-5-18-10(14,15)16/h1-3,6,17H,4-5H2. The third-order valence-corrected chi connectivity index (χ3v) is 1.89. The Morgan fingerprint density at radius 3 is 2.28 bits per heavy atom. The summed E-state index contributed by atoms with van der Waals surface area (Å²) in [7, 11) is 0. The third kappa shape index (κ3) is 5.26. The molecule has 18 heavy (non-hydrogen) atoms. The summed E-state index contributed by atoms with van der Waals surface area (Å²) < 4.78 is 75.2. The van der Waals surface area contributed by atoms with Crippen LogP contribution < -0.4 is 5.32 Å². The van der Waals surface area contributed by atoms with Gasteiger partial charge in [0.1, 0.15) is 0 Å². The summed E-state index contributed by atoms with van der Waals surface area (Å²) in [6.07, 6.45) is -9.23. The molecule has 2 nitrogen and oxygen atoms in total. The van der Waals surface area contributed by atoms with E-state index in [0.717, 1.165) is 18.2 Å². The highest BCUT2D eigenvalue weighted by Crippen LogP contribution is 2.30. The maximum atomic E-state index is 12.3. The number of rotatable bonds is 4. The lowest BCUT2D eigenvalue weighted by Crippen LogP contribution is -2.19. The molecule has 1 aromatic rings. The first kappa shape index (κ1) is 14.6. The van der Waals surface area contributed by atoms with Crippen LogP contribution >= 0.6 is 0 Å². The molecule has 1 aromatic carbocycles. The Morgan fingerprint density at radius 2 is 1.72 bits per heavy atom. The van der Waals surface area contributed by atoms with Gasteiger partial charge >= 0.3 is 12.5 Å². The van der Waals surface area contributed by atoms with Crippen molar-refractivity contribution in [3.05, 3.63) is 29.8 Å². The van der Waals surface area contributed by atoms with E-state index in [1.165, 1.54) is 6.07 Å². The summed E-state index contributed by atoms with van der Waals surface area (Å²) in [5.74, 6) is 0. The van der Waals surface area contributed by atoms with Gasteiger partial charge in [0.05, 0.1) is 12.2 Å². The van der Waals surface area contributed by atoms with Gasteiger partial charge in [-0.15, -0.1) is 13.2 Å².